The summed E-state index contributed by atoms with van der Waals surface area (Å²) in [6.07, 6.45) is 3.48. The lowest BCUT2D eigenvalue weighted by atomic mass is 9.84. The van der Waals surface area contributed by atoms with E-state index >= 15 is 0 Å². The van der Waals surface area contributed by atoms with Crippen molar-refractivity contribution in [2.24, 2.45) is 11.1 Å². The van der Waals surface area contributed by atoms with Crippen LogP contribution in [0, 0.1) is 12.3 Å². The smallest absolute Gasteiger partial charge is 0.0317 e. The first-order valence-electron chi connectivity index (χ1n) is 5.39. The van der Waals surface area contributed by atoms with Gasteiger partial charge in [0.2, 0.25) is 0 Å². The molecular formula is C12H20BrNS. The lowest BCUT2D eigenvalue weighted by Crippen LogP contribution is -2.17. The van der Waals surface area contributed by atoms with Crippen molar-refractivity contribution in [3.05, 3.63) is 20.3 Å². The molecule has 1 aromatic heterocycles. The molecule has 0 aromatic carbocycles. The van der Waals surface area contributed by atoms with E-state index in [1.165, 1.54) is 20.6 Å². The van der Waals surface area contributed by atoms with Gasteiger partial charge in [-0.3, -0.25) is 0 Å². The fourth-order valence-corrected chi connectivity index (χ4v) is 3.53. The largest absolute Gasteiger partial charge is 0.330 e. The van der Waals surface area contributed by atoms with Crippen molar-refractivity contribution in [2.45, 2.75) is 40.0 Å². The molecule has 1 rings (SSSR count). The predicted molar refractivity (Wildman–Crippen MR) is 72.5 cm³/mol. The molecule has 0 aliphatic rings. The fraction of sp³-hybridized carbons (Fsp3) is 0.667. The number of hydrogen-bond acceptors (Lipinski definition) is 2. The first-order valence-corrected chi connectivity index (χ1v) is 7.00. The summed E-state index contributed by atoms with van der Waals surface area (Å²) in [5, 5.41) is 0. The first-order chi connectivity index (χ1) is 6.94. The standard InChI is InChI=1S/C12H20BrNS/c1-9-8-10(13)11(15-9)4-5-12(2,3)6-7-14/h8H,4-7,14H2,1-3H3. The van der Waals surface area contributed by atoms with E-state index in [0.717, 1.165) is 19.4 Å². The molecule has 0 fully saturated rings. The van der Waals surface area contributed by atoms with Gasteiger partial charge in [0.15, 0.2) is 0 Å². The molecule has 0 bridgehead atoms. The van der Waals surface area contributed by atoms with Gasteiger partial charge in [-0.1, -0.05) is 13.8 Å². The van der Waals surface area contributed by atoms with Crippen LogP contribution in [0.25, 0.3) is 0 Å². The summed E-state index contributed by atoms with van der Waals surface area (Å²) < 4.78 is 1.27. The molecule has 0 saturated carbocycles. The monoisotopic (exact) mass is 289 g/mol. The highest BCUT2D eigenvalue weighted by atomic mass is 79.9. The van der Waals surface area contributed by atoms with E-state index in [9.17, 15) is 0 Å². The van der Waals surface area contributed by atoms with Gasteiger partial charge in [-0.15, -0.1) is 11.3 Å². The molecule has 15 heavy (non-hydrogen) atoms. The van der Waals surface area contributed by atoms with Crippen LogP contribution >= 0.6 is 27.3 Å². The number of nitrogens with two attached hydrogens (primary N) is 1. The molecule has 0 aliphatic carbocycles. The lowest BCUT2D eigenvalue weighted by Gasteiger charge is -2.23. The Labute approximate surface area is 105 Å². The molecular weight excluding hydrogens is 270 g/mol. The Bertz CT molecular complexity index is 317. The van der Waals surface area contributed by atoms with Crippen LogP contribution in [0.4, 0.5) is 0 Å². The molecule has 0 aliphatic heterocycles. The van der Waals surface area contributed by atoms with Crippen LogP contribution in [0.1, 0.15) is 36.4 Å². The molecule has 3 heteroatoms. The van der Waals surface area contributed by atoms with Crippen LogP contribution in [-0.4, -0.2) is 6.54 Å². The highest BCUT2D eigenvalue weighted by molar-refractivity contribution is 9.10. The molecule has 0 spiro atoms. The van der Waals surface area contributed by atoms with E-state index in [1.54, 1.807) is 0 Å². The zero-order valence-electron chi connectivity index (χ0n) is 9.77. The average molecular weight is 290 g/mol. The van der Waals surface area contributed by atoms with E-state index < -0.39 is 0 Å². The summed E-state index contributed by atoms with van der Waals surface area (Å²) in [4.78, 5) is 2.85. The highest BCUT2D eigenvalue weighted by Crippen LogP contribution is 2.32. The van der Waals surface area contributed by atoms with Crippen molar-refractivity contribution in [3.63, 3.8) is 0 Å². The summed E-state index contributed by atoms with van der Waals surface area (Å²) in [6, 6.07) is 2.20. The van der Waals surface area contributed by atoms with Gasteiger partial charge in [0.1, 0.15) is 0 Å². The molecule has 1 nitrogen and oxygen atoms in total. The van der Waals surface area contributed by atoms with Crippen LogP contribution in [0.3, 0.4) is 0 Å². The first kappa shape index (κ1) is 13.2. The molecule has 1 aromatic rings. The summed E-state index contributed by atoms with van der Waals surface area (Å²) >= 11 is 5.50. The number of aryl methyl sites for hydroxylation is 2. The lowest BCUT2D eigenvalue weighted by molar-refractivity contribution is 0.314. The number of halogens is 1. The minimum absolute atomic E-state index is 0.367. The maximum Gasteiger partial charge on any atom is 0.0317 e. The zero-order chi connectivity index (χ0) is 11.5. The third kappa shape index (κ3) is 4.25. The molecule has 0 saturated heterocycles. The second kappa shape index (κ2) is 5.46. The van der Waals surface area contributed by atoms with E-state index in [4.69, 9.17) is 5.73 Å². The second-order valence-electron chi connectivity index (χ2n) is 4.83. The molecule has 0 unspecified atom stereocenters. The molecule has 0 atom stereocenters. The summed E-state index contributed by atoms with van der Waals surface area (Å²) in [6.45, 7) is 7.55. The zero-order valence-corrected chi connectivity index (χ0v) is 12.2. The van der Waals surface area contributed by atoms with Crippen molar-refractivity contribution in [2.75, 3.05) is 6.54 Å². The van der Waals surface area contributed by atoms with Gasteiger partial charge in [0.05, 0.1) is 0 Å². The quantitative estimate of drug-likeness (QED) is 0.867. The van der Waals surface area contributed by atoms with Gasteiger partial charge in [-0.2, -0.15) is 0 Å². The third-order valence-electron chi connectivity index (χ3n) is 2.73. The molecule has 0 amide bonds. The van der Waals surface area contributed by atoms with Crippen molar-refractivity contribution >= 4 is 27.3 Å². The van der Waals surface area contributed by atoms with Crippen molar-refractivity contribution in [1.29, 1.82) is 0 Å². The van der Waals surface area contributed by atoms with E-state index in [-0.39, 0.29) is 0 Å². The number of hydrogen-bond donors (Lipinski definition) is 1. The predicted octanol–water partition coefficient (Wildman–Crippen LogP) is 4.13. The minimum Gasteiger partial charge on any atom is -0.330 e. The Morgan fingerprint density at radius 1 is 1.40 bits per heavy atom. The van der Waals surface area contributed by atoms with Gasteiger partial charge in [0.25, 0.3) is 0 Å². The maximum absolute atomic E-state index is 5.61. The SMILES string of the molecule is Cc1cc(Br)c(CCC(C)(C)CCN)s1. The topological polar surface area (TPSA) is 26.0 Å². The Morgan fingerprint density at radius 3 is 2.53 bits per heavy atom. The van der Waals surface area contributed by atoms with Crippen molar-refractivity contribution < 1.29 is 0 Å². The molecule has 86 valence electrons. The Kier molecular flexibility index (Phi) is 4.81. The Hall–Kier alpha value is 0.140. The van der Waals surface area contributed by atoms with Gasteiger partial charge >= 0.3 is 0 Å². The number of rotatable bonds is 5. The molecule has 0 radical (unpaired) electrons. The summed E-state index contributed by atoms with van der Waals surface area (Å²) in [5.41, 5.74) is 5.98. The second-order valence-corrected chi connectivity index (χ2v) is 7.03. The number of thiophene rings is 1. The third-order valence-corrected chi connectivity index (χ3v) is 4.81. The minimum atomic E-state index is 0.367. The van der Waals surface area contributed by atoms with E-state index in [1.807, 2.05) is 11.3 Å². The summed E-state index contributed by atoms with van der Waals surface area (Å²) in [5.74, 6) is 0. The fourth-order valence-electron chi connectivity index (χ4n) is 1.67. The van der Waals surface area contributed by atoms with Crippen molar-refractivity contribution in [1.82, 2.24) is 0 Å². The molecule has 1 heterocycles. The highest BCUT2D eigenvalue weighted by Gasteiger charge is 2.17. The average Bonchev–Trinajstić information content (AvgIpc) is 2.42. The van der Waals surface area contributed by atoms with Crippen LogP contribution in [-0.2, 0) is 6.42 Å². The van der Waals surface area contributed by atoms with Gasteiger partial charge in [-0.05, 0) is 60.1 Å². The van der Waals surface area contributed by atoms with Gasteiger partial charge in [-0.25, -0.2) is 0 Å². The van der Waals surface area contributed by atoms with E-state index in [2.05, 4.69) is 42.8 Å². The maximum atomic E-state index is 5.61. The van der Waals surface area contributed by atoms with Crippen LogP contribution in [0.2, 0.25) is 0 Å². The van der Waals surface area contributed by atoms with Crippen LogP contribution in [0.5, 0.6) is 0 Å². The van der Waals surface area contributed by atoms with Gasteiger partial charge < -0.3 is 5.73 Å². The van der Waals surface area contributed by atoms with Gasteiger partial charge in [0, 0.05) is 14.2 Å². The summed E-state index contributed by atoms with van der Waals surface area (Å²) in [7, 11) is 0. The van der Waals surface area contributed by atoms with Crippen molar-refractivity contribution in [3.8, 4) is 0 Å². The normalized spacial score (nSPS) is 12.1. The van der Waals surface area contributed by atoms with Crippen LogP contribution < -0.4 is 5.73 Å². The van der Waals surface area contributed by atoms with E-state index in [0.29, 0.717) is 5.41 Å². The Balaban J connectivity index is 2.53. The molecule has 2 N–H and O–H groups in total. The Morgan fingerprint density at radius 2 is 2.07 bits per heavy atom. The van der Waals surface area contributed by atoms with Crippen LogP contribution in [0.15, 0.2) is 10.5 Å².